The standard InChI is InChI=1S/C26H31N3O6S2/c1-17-8-14-25(35-5)23(15-17)28-37(33,34)22-12-10-21(11-13-22)27-26(30)20(4)29(36(6,31)32)24-16-18(2)7-9-19(24)3/h7-16,20,28H,1-6H3,(H,27,30)/t20-/m1/s1. The predicted octanol–water partition coefficient (Wildman–Crippen LogP) is 4.21. The molecule has 0 bridgehead atoms. The number of aryl methyl sites for hydroxylation is 3. The van der Waals surface area contributed by atoms with Crippen LogP contribution in [0, 0.1) is 20.8 Å². The van der Waals surface area contributed by atoms with E-state index in [1.807, 2.05) is 19.9 Å². The molecule has 2 N–H and O–H groups in total. The van der Waals surface area contributed by atoms with Crippen LogP contribution in [-0.4, -0.2) is 42.2 Å². The molecule has 0 saturated heterocycles. The molecule has 0 fully saturated rings. The number of hydrogen-bond donors (Lipinski definition) is 2. The highest BCUT2D eigenvalue weighted by Gasteiger charge is 2.30. The zero-order chi connectivity index (χ0) is 27.5. The minimum Gasteiger partial charge on any atom is -0.495 e. The van der Waals surface area contributed by atoms with Gasteiger partial charge < -0.3 is 10.1 Å². The predicted molar refractivity (Wildman–Crippen MR) is 146 cm³/mol. The van der Waals surface area contributed by atoms with Gasteiger partial charge in [0.1, 0.15) is 11.8 Å². The average Bonchev–Trinajstić information content (AvgIpc) is 2.80. The molecule has 9 nitrogen and oxygen atoms in total. The fourth-order valence-corrected chi connectivity index (χ4v) is 6.09. The van der Waals surface area contributed by atoms with Crippen molar-refractivity contribution in [1.29, 1.82) is 0 Å². The maximum absolute atomic E-state index is 13.0. The second-order valence-electron chi connectivity index (χ2n) is 8.85. The fraction of sp³-hybridized carbons (Fsp3) is 0.269. The average molecular weight is 546 g/mol. The molecule has 0 radical (unpaired) electrons. The van der Waals surface area contributed by atoms with Gasteiger partial charge in [-0.3, -0.25) is 13.8 Å². The van der Waals surface area contributed by atoms with E-state index in [4.69, 9.17) is 4.74 Å². The molecule has 3 aromatic rings. The van der Waals surface area contributed by atoms with Crippen LogP contribution in [0.4, 0.5) is 17.1 Å². The van der Waals surface area contributed by atoms with Crippen LogP contribution in [0.25, 0.3) is 0 Å². The van der Waals surface area contributed by atoms with E-state index in [9.17, 15) is 21.6 Å². The second kappa shape index (κ2) is 10.8. The molecule has 0 heterocycles. The van der Waals surface area contributed by atoms with Gasteiger partial charge in [-0.25, -0.2) is 16.8 Å². The fourth-order valence-electron chi connectivity index (χ4n) is 3.81. The Labute approximate surface area is 218 Å². The van der Waals surface area contributed by atoms with E-state index in [0.717, 1.165) is 21.7 Å². The first-order chi connectivity index (χ1) is 17.2. The van der Waals surface area contributed by atoms with Crippen molar-refractivity contribution in [2.75, 3.05) is 27.7 Å². The summed E-state index contributed by atoms with van der Waals surface area (Å²) in [5.41, 5.74) is 3.47. The van der Waals surface area contributed by atoms with Crippen molar-refractivity contribution in [3.63, 3.8) is 0 Å². The lowest BCUT2D eigenvalue weighted by Crippen LogP contribution is -2.45. The molecule has 198 valence electrons. The molecule has 0 spiro atoms. The molecular weight excluding hydrogens is 514 g/mol. The Morgan fingerprint density at radius 1 is 0.892 bits per heavy atom. The smallest absolute Gasteiger partial charge is 0.262 e. The first kappa shape index (κ1) is 28.0. The highest BCUT2D eigenvalue weighted by molar-refractivity contribution is 7.92. The van der Waals surface area contributed by atoms with Gasteiger partial charge in [0.25, 0.3) is 10.0 Å². The summed E-state index contributed by atoms with van der Waals surface area (Å²) in [5, 5.41) is 2.67. The monoisotopic (exact) mass is 545 g/mol. The molecular formula is C26H31N3O6S2. The summed E-state index contributed by atoms with van der Waals surface area (Å²) in [6.07, 6.45) is 1.05. The van der Waals surface area contributed by atoms with Crippen LogP contribution in [0.3, 0.4) is 0 Å². The third-order valence-corrected chi connectivity index (χ3v) is 8.33. The Morgan fingerprint density at radius 2 is 1.49 bits per heavy atom. The van der Waals surface area contributed by atoms with E-state index in [1.54, 1.807) is 37.3 Å². The number of nitrogens with zero attached hydrogens (tertiary/aromatic N) is 1. The number of sulfonamides is 2. The summed E-state index contributed by atoms with van der Waals surface area (Å²) < 4.78 is 59.9. The maximum Gasteiger partial charge on any atom is 0.262 e. The summed E-state index contributed by atoms with van der Waals surface area (Å²) in [7, 11) is -6.27. The molecule has 3 rings (SSSR count). The van der Waals surface area contributed by atoms with Crippen molar-refractivity contribution in [3.8, 4) is 5.75 Å². The van der Waals surface area contributed by atoms with Crippen LogP contribution < -0.4 is 19.1 Å². The van der Waals surface area contributed by atoms with E-state index in [1.165, 1.54) is 38.3 Å². The van der Waals surface area contributed by atoms with Gasteiger partial charge in [-0.05, 0) is 86.8 Å². The Kier molecular flexibility index (Phi) is 8.19. The Balaban J connectivity index is 1.81. The number of anilines is 3. The van der Waals surface area contributed by atoms with Gasteiger partial charge in [0.05, 0.1) is 29.6 Å². The number of benzene rings is 3. The number of amides is 1. The lowest BCUT2D eigenvalue weighted by Gasteiger charge is -2.29. The van der Waals surface area contributed by atoms with Gasteiger partial charge in [0, 0.05) is 5.69 Å². The van der Waals surface area contributed by atoms with Crippen LogP contribution in [0.15, 0.2) is 65.6 Å². The van der Waals surface area contributed by atoms with Crippen molar-refractivity contribution in [2.24, 2.45) is 0 Å². The minimum absolute atomic E-state index is 0.0183. The summed E-state index contributed by atoms with van der Waals surface area (Å²) in [6.45, 7) is 6.95. The quantitative estimate of drug-likeness (QED) is 0.415. The lowest BCUT2D eigenvalue weighted by atomic mass is 10.1. The molecule has 0 aromatic heterocycles. The molecule has 37 heavy (non-hydrogen) atoms. The highest BCUT2D eigenvalue weighted by Crippen LogP contribution is 2.29. The molecule has 3 aromatic carbocycles. The largest absolute Gasteiger partial charge is 0.495 e. The molecule has 0 saturated carbocycles. The van der Waals surface area contributed by atoms with Crippen molar-refractivity contribution in [3.05, 3.63) is 77.4 Å². The van der Waals surface area contributed by atoms with Gasteiger partial charge in [-0.15, -0.1) is 0 Å². The first-order valence-corrected chi connectivity index (χ1v) is 14.7. The maximum atomic E-state index is 13.0. The Hall–Kier alpha value is -3.57. The van der Waals surface area contributed by atoms with E-state index in [0.29, 0.717) is 28.4 Å². The number of carbonyl (C=O) groups is 1. The van der Waals surface area contributed by atoms with Gasteiger partial charge in [0.2, 0.25) is 15.9 Å². The summed E-state index contributed by atoms with van der Waals surface area (Å²) in [6, 6.07) is 15.0. The number of methoxy groups -OCH3 is 1. The minimum atomic E-state index is -3.93. The highest BCUT2D eigenvalue weighted by atomic mass is 32.2. The van der Waals surface area contributed by atoms with Crippen LogP contribution >= 0.6 is 0 Å². The SMILES string of the molecule is COc1ccc(C)cc1NS(=O)(=O)c1ccc(NC(=O)[C@@H](C)N(c2cc(C)ccc2C)S(C)(=O)=O)cc1. The van der Waals surface area contributed by atoms with Crippen LogP contribution in [0.2, 0.25) is 0 Å². The zero-order valence-electron chi connectivity index (χ0n) is 21.6. The van der Waals surface area contributed by atoms with Crippen molar-refractivity contribution in [1.82, 2.24) is 0 Å². The summed E-state index contributed by atoms with van der Waals surface area (Å²) in [4.78, 5) is 13.0. The third-order valence-electron chi connectivity index (χ3n) is 5.72. The van der Waals surface area contributed by atoms with Crippen molar-refractivity contribution >= 4 is 43.0 Å². The first-order valence-electron chi connectivity index (χ1n) is 11.4. The molecule has 1 amide bonds. The van der Waals surface area contributed by atoms with Gasteiger partial charge in [-0.2, -0.15) is 0 Å². The second-order valence-corrected chi connectivity index (χ2v) is 12.4. The van der Waals surface area contributed by atoms with Gasteiger partial charge in [0.15, 0.2) is 0 Å². The number of hydrogen-bond acceptors (Lipinski definition) is 6. The molecule has 0 unspecified atom stereocenters. The Bertz CT molecular complexity index is 1520. The molecule has 1 atom stereocenters. The number of nitrogens with one attached hydrogen (secondary N) is 2. The molecule has 0 aliphatic carbocycles. The van der Waals surface area contributed by atoms with E-state index in [-0.39, 0.29) is 4.90 Å². The van der Waals surface area contributed by atoms with Crippen LogP contribution in [0.5, 0.6) is 5.75 Å². The topological polar surface area (TPSA) is 122 Å². The van der Waals surface area contributed by atoms with E-state index < -0.39 is 32.0 Å². The van der Waals surface area contributed by atoms with Crippen molar-refractivity contribution < 1.29 is 26.4 Å². The van der Waals surface area contributed by atoms with Gasteiger partial charge >= 0.3 is 0 Å². The Morgan fingerprint density at radius 3 is 2.08 bits per heavy atom. The molecule has 0 aliphatic rings. The molecule has 0 aliphatic heterocycles. The number of carbonyl (C=O) groups excluding carboxylic acids is 1. The number of ether oxygens (including phenoxy) is 1. The van der Waals surface area contributed by atoms with Crippen LogP contribution in [-0.2, 0) is 24.8 Å². The summed E-state index contributed by atoms with van der Waals surface area (Å²) >= 11 is 0. The molecule has 11 heteroatoms. The lowest BCUT2D eigenvalue weighted by molar-refractivity contribution is -0.116. The third kappa shape index (κ3) is 6.60. The normalized spacial score (nSPS) is 12.5. The van der Waals surface area contributed by atoms with Gasteiger partial charge in [-0.1, -0.05) is 18.2 Å². The van der Waals surface area contributed by atoms with Crippen LogP contribution in [0.1, 0.15) is 23.6 Å². The van der Waals surface area contributed by atoms with E-state index in [2.05, 4.69) is 10.0 Å². The van der Waals surface area contributed by atoms with Crippen molar-refractivity contribution in [2.45, 2.75) is 38.6 Å². The number of rotatable bonds is 9. The van der Waals surface area contributed by atoms with E-state index >= 15 is 0 Å². The summed E-state index contributed by atoms with van der Waals surface area (Å²) in [5.74, 6) is -0.184. The zero-order valence-corrected chi connectivity index (χ0v) is 23.2.